The van der Waals surface area contributed by atoms with Gasteiger partial charge in [0.1, 0.15) is 12.4 Å². The predicted octanol–water partition coefficient (Wildman–Crippen LogP) is 2.65. The van der Waals surface area contributed by atoms with Crippen molar-refractivity contribution in [1.29, 1.82) is 0 Å². The summed E-state index contributed by atoms with van der Waals surface area (Å²) in [5.74, 6) is 0.744. The zero-order valence-corrected chi connectivity index (χ0v) is 12.8. The second-order valence-corrected chi connectivity index (χ2v) is 7.12. The maximum Gasteiger partial charge on any atom is 0.280 e. The molecule has 0 amide bonds. The lowest BCUT2D eigenvalue weighted by Gasteiger charge is -2.06. The lowest BCUT2D eigenvalue weighted by molar-refractivity contribution is 0.298. The number of hydrogen-bond donors (Lipinski definition) is 0. The molecule has 19 heavy (non-hydrogen) atoms. The van der Waals surface area contributed by atoms with E-state index in [1.165, 1.54) is 12.5 Å². The van der Waals surface area contributed by atoms with Gasteiger partial charge in [0.25, 0.3) is 9.05 Å². The highest BCUT2D eigenvalue weighted by Gasteiger charge is 2.13. The van der Waals surface area contributed by atoms with E-state index in [0.717, 1.165) is 10.2 Å². The van der Waals surface area contributed by atoms with Gasteiger partial charge in [0.15, 0.2) is 5.03 Å². The molecular formula is C11H10BrClN2O3S. The number of halogens is 2. The average Bonchev–Trinajstić information content (AvgIpc) is 2.80. The molecule has 0 aliphatic carbocycles. The molecule has 102 valence electrons. The summed E-state index contributed by atoms with van der Waals surface area (Å²) in [6, 6.07) is 7.44. The van der Waals surface area contributed by atoms with E-state index in [-0.39, 0.29) is 5.03 Å². The number of benzene rings is 1. The third-order valence-electron chi connectivity index (χ3n) is 2.29. The molecule has 0 unspecified atom stereocenters. The smallest absolute Gasteiger partial charge is 0.280 e. The van der Waals surface area contributed by atoms with Crippen molar-refractivity contribution in [2.45, 2.75) is 11.6 Å². The monoisotopic (exact) mass is 364 g/mol. The van der Waals surface area contributed by atoms with Crippen LogP contribution in [0.2, 0.25) is 0 Å². The Labute approximate surface area is 123 Å². The average molecular weight is 366 g/mol. The molecule has 5 nitrogen and oxygen atoms in total. The minimum Gasteiger partial charge on any atom is -0.492 e. The molecular weight excluding hydrogens is 356 g/mol. The molecule has 0 saturated carbocycles. The van der Waals surface area contributed by atoms with Gasteiger partial charge in [0.2, 0.25) is 0 Å². The number of rotatable bonds is 5. The van der Waals surface area contributed by atoms with E-state index in [2.05, 4.69) is 20.9 Å². The molecule has 1 aromatic carbocycles. The molecule has 2 aromatic rings. The normalized spacial score (nSPS) is 11.5. The molecule has 1 aromatic heterocycles. The van der Waals surface area contributed by atoms with Gasteiger partial charge < -0.3 is 9.30 Å². The minimum absolute atomic E-state index is 0.155. The van der Waals surface area contributed by atoms with Crippen LogP contribution in [0.15, 0.2) is 46.3 Å². The van der Waals surface area contributed by atoms with Crippen molar-refractivity contribution in [1.82, 2.24) is 9.55 Å². The van der Waals surface area contributed by atoms with E-state index in [1.54, 1.807) is 4.57 Å². The fourth-order valence-corrected chi connectivity index (χ4v) is 2.33. The Morgan fingerprint density at radius 2 is 2.00 bits per heavy atom. The highest BCUT2D eigenvalue weighted by Crippen LogP contribution is 2.16. The van der Waals surface area contributed by atoms with Crippen LogP contribution in [-0.4, -0.2) is 24.6 Å². The lowest BCUT2D eigenvalue weighted by Crippen LogP contribution is -2.06. The lowest BCUT2D eigenvalue weighted by atomic mass is 10.3. The van der Waals surface area contributed by atoms with E-state index in [0.29, 0.717) is 13.2 Å². The van der Waals surface area contributed by atoms with Crippen molar-refractivity contribution >= 4 is 35.7 Å². The summed E-state index contributed by atoms with van der Waals surface area (Å²) in [7, 11) is 1.41. The Balaban J connectivity index is 1.89. The first-order valence-electron chi connectivity index (χ1n) is 5.30. The van der Waals surface area contributed by atoms with Crippen molar-refractivity contribution in [2.24, 2.45) is 0 Å². The summed E-state index contributed by atoms with van der Waals surface area (Å²) in [6.45, 7) is 0.884. The van der Waals surface area contributed by atoms with Gasteiger partial charge in [-0.3, -0.25) is 0 Å². The van der Waals surface area contributed by atoms with Gasteiger partial charge in [-0.15, -0.1) is 0 Å². The van der Waals surface area contributed by atoms with Gasteiger partial charge in [-0.1, -0.05) is 15.9 Å². The number of aromatic nitrogens is 2. The standard InChI is InChI=1S/C11H10BrClN2O3S/c12-9-1-3-10(4-2-9)18-6-5-15-7-11(14-8-15)19(13,16)17/h1-4,7-8H,5-6H2. The highest BCUT2D eigenvalue weighted by molar-refractivity contribution is 9.10. The Hall–Kier alpha value is -1.05. The quantitative estimate of drug-likeness (QED) is 0.764. The molecule has 0 aliphatic rings. The number of ether oxygens (including phenoxy) is 1. The van der Waals surface area contributed by atoms with Gasteiger partial charge in [0, 0.05) is 21.4 Å². The summed E-state index contributed by atoms with van der Waals surface area (Å²) >= 11 is 3.33. The molecule has 0 aliphatic heterocycles. The molecule has 1 heterocycles. The largest absolute Gasteiger partial charge is 0.492 e. The summed E-state index contributed by atoms with van der Waals surface area (Å²) in [5, 5.41) is -0.155. The Morgan fingerprint density at radius 1 is 1.32 bits per heavy atom. The van der Waals surface area contributed by atoms with Crippen LogP contribution in [0.5, 0.6) is 5.75 Å². The first kappa shape index (κ1) is 14.4. The first-order valence-corrected chi connectivity index (χ1v) is 8.40. The van der Waals surface area contributed by atoms with Gasteiger partial charge >= 0.3 is 0 Å². The zero-order valence-electron chi connectivity index (χ0n) is 9.66. The van der Waals surface area contributed by atoms with Gasteiger partial charge in [0.05, 0.1) is 12.9 Å². The maximum absolute atomic E-state index is 11.0. The van der Waals surface area contributed by atoms with Gasteiger partial charge in [-0.2, -0.15) is 0 Å². The van der Waals surface area contributed by atoms with Crippen molar-refractivity contribution in [3.8, 4) is 5.75 Å². The highest BCUT2D eigenvalue weighted by atomic mass is 79.9. The van der Waals surface area contributed by atoms with E-state index in [9.17, 15) is 8.42 Å². The van der Waals surface area contributed by atoms with Crippen molar-refractivity contribution in [3.05, 3.63) is 41.3 Å². The van der Waals surface area contributed by atoms with Gasteiger partial charge in [-0.05, 0) is 24.3 Å². The van der Waals surface area contributed by atoms with E-state index in [4.69, 9.17) is 15.4 Å². The summed E-state index contributed by atoms with van der Waals surface area (Å²) in [6.07, 6.45) is 2.77. The topological polar surface area (TPSA) is 61.2 Å². The number of nitrogens with zero attached hydrogens (tertiary/aromatic N) is 2. The molecule has 0 N–H and O–H groups in total. The van der Waals surface area contributed by atoms with Crippen LogP contribution in [0.3, 0.4) is 0 Å². The molecule has 2 rings (SSSR count). The van der Waals surface area contributed by atoms with Gasteiger partial charge in [-0.25, -0.2) is 13.4 Å². The Morgan fingerprint density at radius 3 is 2.58 bits per heavy atom. The first-order chi connectivity index (χ1) is 8.95. The number of imidazole rings is 1. The fourth-order valence-electron chi connectivity index (χ4n) is 1.39. The molecule has 0 spiro atoms. The van der Waals surface area contributed by atoms with Crippen LogP contribution in [0.1, 0.15) is 0 Å². The molecule has 0 saturated heterocycles. The summed E-state index contributed by atoms with van der Waals surface area (Å²) in [5.41, 5.74) is 0. The van der Waals surface area contributed by atoms with Crippen LogP contribution in [-0.2, 0) is 15.6 Å². The van der Waals surface area contributed by atoms with Crippen molar-refractivity contribution in [3.63, 3.8) is 0 Å². The number of hydrogen-bond acceptors (Lipinski definition) is 4. The fraction of sp³-hybridized carbons (Fsp3) is 0.182. The third-order valence-corrected chi connectivity index (χ3v) is 4.00. The molecule has 8 heteroatoms. The second kappa shape index (κ2) is 5.94. The summed E-state index contributed by atoms with van der Waals surface area (Å²) < 4.78 is 30.1. The molecule has 0 radical (unpaired) electrons. The maximum atomic E-state index is 11.0. The van der Waals surface area contributed by atoms with Crippen LogP contribution in [0.4, 0.5) is 0 Å². The Kier molecular flexibility index (Phi) is 4.49. The third kappa shape index (κ3) is 4.22. The van der Waals surface area contributed by atoms with Crippen LogP contribution in [0, 0.1) is 0 Å². The second-order valence-electron chi connectivity index (χ2n) is 3.69. The molecule has 0 fully saturated rings. The van der Waals surface area contributed by atoms with Crippen molar-refractivity contribution in [2.75, 3.05) is 6.61 Å². The van der Waals surface area contributed by atoms with Crippen LogP contribution in [0.25, 0.3) is 0 Å². The summed E-state index contributed by atoms with van der Waals surface area (Å²) in [4.78, 5) is 3.71. The SMILES string of the molecule is O=S(=O)(Cl)c1cn(CCOc2ccc(Br)cc2)cn1. The van der Waals surface area contributed by atoms with Crippen LogP contribution >= 0.6 is 26.6 Å². The molecule has 0 bridgehead atoms. The predicted molar refractivity (Wildman–Crippen MR) is 74.9 cm³/mol. The zero-order chi connectivity index (χ0) is 13.9. The minimum atomic E-state index is -3.77. The van der Waals surface area contributed by atoms with Crippen molar-refractivity contribution < 1.29 is 13.2 Å². The van der Waals surface area contributed by atoms with E-state index < -0.39 is 9.05 Å². The Bertz CT molecular complexity index is 655. The van der Waals surface area contributed by atoms with E-state index >= 15 is 0 Å². The van der Waals surface area contributed by atoms with E-state index in [1.807, 2.05) is 24.3 Å². The van der Waals surface area contributed by atoms with Crippen LogP contribution < -0.4 is 4.74 Å². The molecule has 0 atom stereocenters.